The SMILES string of the molecule is Cc1ccno1.O=C1CCc2ccc1cc2. The number of carbonyl (C=O) groups excluding carboxylic acids is 1. The molecule has 0 fully saturated rings. The molecule has 4 rings (SSSR count). The van der Waals surface area contributed by atoms with Gasteiger partial charge >= 0.3 is 0 Å². The first kappa shape index (κ1) is 10.6. The number of rotatable bonds is 0. The molecule has 1 aromatic heterocycles. The highest BCUT2D eigenvalue weighted by Crippen LogP contribution is 2.14. The number of fused-ring (bicyclic) bond motifs is 4. The molecule has 1 aromatic carbocycles. The van der Waals surface area contributed by atoms with E-state index in [2.05, 4.69) is 9.68 Å². The molecule has 2 aromatic rings. The topological polar surface area (TPSA) is 43.1 Å². The fraction of sp³-hybridized carbons (Fsp3) is 0.231. The predicted octanol–water partition coefficient (Wildman–Crippen LogP) is 2.80. The molecule has 3 nitrogen and oxygen atoms in total. The number of Topliss-reactive ketones (excluding diaryl/α,β-unsaturated/α-hetero) is 1. The molecule has 82 valence electrons. The van der Waals surface area contributed by atoms with Crippen molar-refractivity contribution in [3.8, 4) is 0 Å². The van der Waals surface area contributed by atoms with Gasteiger partial charge in [0.05, 0.1) is 6.20 Å². The quantitative estimate of drug-likeness (QED) is 0.678. The van der Waals surface area contributed by atoms with E-state index in [0.717, 1.165) is 17.7 Å². The lowest BCUT2D eigenvalue weighted by Crippen LogP contribution is -1.94. The molecule has 16 heavy (non-hydrogen) atoms. The van der Waals surface area contributed by atoms with Crippen molar-refractivity contribution < 1.29 is 9.32 Å². The van der Waals surface area contributed by atoms with E-state index in [0.29, 0.717) is 6.42 Å². The van der Waals surface area contributed by atoms with Crippen molar-refractivity contribution in [1.82, 2.24) is 5.16 Å². The van der Waals surface area contributed by atoms with Crippen LogP contribution in [0.5, 0.6) is 0 Å². The number of nitrogens with zero attached hydrogens (tertiary/aromatic N) is 1. The van der Waals surface area contributed by atoms with Gasteiger partial charge < -0.3 is 4.52 Å². The van der Waals surface area contributed by atoms with E-state index in [1.165, 1.54) is 5.56 Å². The van der Waals surface area contributed by atoms with Crippen LogP contribution in [-0.4, -0.2) is 10.9 Å². The average Bonchev–Trinajstić information content (AvgIpc) is 2.64. The maximum atomic E-state index is 11.1. The van der Waals surface area contributed by atoms with E-state index in [4.69, 9.17) is 0 Å². The molecule has 0 radical (unpaired) electrons. The molecule has 3 heteroatoms. The van der Waals surface area contributed by atoms with Gasteiger partial charge in [-0.3, -0.25) is 4.79 Å². The maximum Gasteiger partial charge on any atom is 0.163 e. The van der Waals surface area contributed by atoms with Gasteiger partial charge in [0.2, 0.25) is 0 Å². The van der Waals surface area contributed by atoms with Crippen LogP contribution in [0.15, 0.2) is 41.1 Å². The summed E-state index contributed by atoms with van der Waals surface area (Å²) in [4.78, 5) is 11.1. The summed E-state index contributed by atoms with van der Waals surface area (Å²) >= 11 is 0. The number of hydrogen-bond acceptors (Lipinski definition) is 3. The van der Waals surface area contributed by atoms with Crippen LogP contribution >= 0.6 is 0 Å². The maximum absolute atomic E-state index is 11.1. The van der Waals surface area contributed by atoms with Crippen LogP contribution in [0, 0.1) is 6.92 Å². The highest BCUT2D eigenvalue weighted by atomic mass is 16.5. The molecule has 0 aliphatic heterocycles. The monoisotopic (exact) mass is 215 g/mol. The van der Waals surface area contributed by atoms with Crippen LogP contribution in [0.4, 0.5) is 0 Å². The molecule has 0 saturated carbocycles. The number of ketones is 1. The van der Waals surface area contributed by atoms with E-state index in [-0.39, 0.29) is 5.78 Å². The number of benzene rings is 1. The lowest BCUT2D eigenvalue weighted by atomic mass is 10.1. The summed E-state index contributed by atoms with van der Waals surface area (Å²) in [6.45, 7) is 1.85. The van der Waals surface area contributed by atoms with Gasteiger partial charge in [0.15, 0.2) is 5.78 Å². The second kappa shape index (κ2) is 4.75. The van der Waals surface area contributed by atoms with Crippen molar-refractivity contribution in [2.45, 2.75) is 19.8 Å². The largest absolute Gasteiger partial charge is 0.362 e. The van der Waals surface area contributed by atoms with Crippen LogP contribution in [0.1, 0.15) is 28.1 Å². The molecule has 2 bridgehead atoms. The Balaban J connectivity index is 0.000000138. The van der Waals surface area contributed by atoms with Crippen molar-refractivity contribution in [3.63, 3.8) is 0 Å². The minimum absolute atomic E-state index is 0.278. The summed E-state index contributed by atoms with van der Waals surface area (Å²) in [5.41, 5.74) is 2.14. The minimum Gasteiger partial charge on any atom is -0.362 e. The molecule has 0 amide bonds. The van der Waals surface area contributed by atoms with Gasteiger partial charge in [0.1, 0.15) is 5.76 Å². The third-order valence-electron chi connectivity index (χ3n) is 2.48. The zero-order chi connectivity index (χ0) is 11.4. The summed E-state index contributed by atoms with van der Waals surface area (Å²) < 4.78 is 4.58. The van der Waals surface area contributed by atoms with Crippen LogP contribution in [-0.2, 0) is 6.42 Å². The first-order valence-electron chi connectivity index (χ1n) is 5.25. The van der Waals surface area contributed by atoms with Gasteiger partial charge in [-0.25, -0.2) is 0 Å². The van der Waals surface area contributed by atoms with Crippen molar-refractivity contribution in [2.24, 2.45) is 0 Å². The van der Waals surface area contributed by atoms with Gasteiger partial charge in [0.25, 0.3) is 0 Å². The van der Waals surface area contributed by atoms with Gasteiger partial charge in [-0.2, -0.15) is 0 Å². The van der Waals surface area contributed by atoms with Crippen LogP contribution in [0.3, 0.4) is 0 Å². The predicted molar refractivity (Wildman–Crippen MR) is 60.3 cm³/mol. The molecule has 2 aliphatic rings. The van der Waals surface area contributed by atoms with Gasteiger partial charge in [-0.1, -0.05) is 29.4 Å². The normalized spacial score (nSPS) is 12.9. The minimum atomic E-state index is 0.278. The smallest absolute Gasteiger partial charge is 0.163 e. The number of aromatic nitrogens is 1. The Morgan fingerprint density at radius 1 is 1.12 bits per heavy atom. The van der Waals surface area contributed by atoms with Gasteiger partial charge in [-0.05, 0) is 18.9 Å². The Labute approximate surface area is 94.1 Å². The highest BCUT2D eigenvalue weighted by molar-refractivity contribution is 5.96. The molecule has 2 aliphatic carbocycles. The van der Waals surface area contributed by atoms with E-state index in [9.17, 15) is 4.79 Å². The zero-order valence-electron chi connectivity index (χ0n) is 9.14. The molecular formula is C13H13NO2. The number of hydrogen-bond donors (Lipinski definition) is 0. The second-order valence-corrected chi connectivity index (χ2v) is 3.74. The summed E-state index contributed by atoms with van der Waals surface area (Å²) in [6.07, 6.45) is 3.22. The third kappa shape index (κ3) is 2.57. The van der Waals surface area contributed by atoms with Gasteiger partial charge in [0, 0.05) is 18.1 Å². The summed E-state index contributed by atoms with van der Waals surface area (Å²) in [5, 5.41) is 3.45. The summed E-state index contributed by atoms with van der Waals surface area (Å²) in [6, 6.07) is 9.68. The zero-order valence-corrected chi connectivity index (χ0v) is 9.14. The summed E-state index contributed by atoms with van der Waals surface area (Å²) in [5.74, 6) is 1.13. The molecule has 0 saturated heterocycles. The Bertz CT molecular complexity index is 457. The highest BCUT2D eigenvalue weighted by Gasteiger charge is 2.09. The number of carbonyl (C=O) groups is 1. The lowest BCUT2D eigenvalue weighted by molar-refractivity contribution is 0.0984. The lowest BCUT2D eigenvalue weighted by Gasteiger charge is -1.89. The molecule has 0 spiro atoms. The molecule has 1 heterocycles. The molecular weight excluding hydrogens is 202 g/mol. The Morgan fingerprint density at radius 3 is 2.38 bits per heavy atom. The van der Waals surface area contributed by atoms with Crippen LogP contribution in [0.25, 0.3) is 0 Å². The van der Waals surface area contributed by atoms with Crippen molar-refractivity contribution in [3.05, 3.63) is 53.4 Å². The van der Waals surface area contributed by atoms with Gasteiger partial charge in [-0.15, -0.1) is 0 Å². The Hall–Kier alpha value is -1.90. The van der Waals surface area contributed by atoms with E-state index in [1.54, 1.807) is 12.3 Å². The van der Waals surface area contributed by atoms with E-state index in [1.807, 2.05) is 31.2 Å². The second-order valence-electron chi connectivity index (χ2n) is 3.74. The average molecular weight is 215 g/mol. The van der Waals surface area contributed by atoms with Crippen molar-refractivity contribution >= 4 is 5.78 Å². The van der Waals surface area contributed by atoms with Crippen LogP contribution < -0.4 is 0 Å². The molecule has 0 atom stereocenters. The van der Waals surface area contributed by atoms with Crippen LogP contribution in [0.2, 0.25) is 0 Å². The van der Waals surface area contributed by atoms with Crippen molar-refractivity contribution in [1.29, 1.82) is 0 Å². The summed E-state index contributed by atoms with van der Waals surface area (Å²) in [7, 11) is 0. The Morgan fingerprint density at radius 2 is 1.88 bits per heavy atom. The first-order valence-corrected chi connectivity index (χ1v) is 5.25. The first-order chi connectivity index (χ1) is 7.75. The van der Waals surface area contributed by atoms with E-state index >= 15 is 0 Å². The fourth-order valence-corrected chi connectivity index (χ4v) is 1.54. The number of aryl methyl sites for hydroxylation is 2. The molecule has 0 N–H and O–H groups in total. The third-order valence-corrected chi connectivity index (χ3v) is 2.48. The molecule has 0 unspecified atom stereocenters. The van der Waals surface area contributed by atoms with E-state index < -0.39 is 0 Å². The standard InChI is InChI=1S/C9H8O.C4H5NO/c10-9-6-3-7-1-4-8(9)5-2-7;1-4-2-3-5-6-4/h1-2,4-5H,3,6H2;2-3H,1H3. The Kier molecular flexibility index (Phi) is 3.15. The fourth-order valence-electron chi connectivity index (χ4n) is 1.54. The van der Waals surface area contributed by atoms with Crippen molar-refractivity contribution in [2.75, 3.05) is 0 Å².